The Hall–Kier alpha value is -2.47. The smallest absolute Gasteiger partial charge is 0.101 e. The van der Waals surface area contributed by atoms with Gasteiger partial charge in [-0.05, 0) is 31.2 Å². The molecule has 0 unspecified atom stereocenters. The average Bonchev–Trinajstić information content (AvgIpc) is 2.35. The van der Waals surface area contributed by atoms with Crippen molar-refractivity contribution < 1.29 is 0 Å². The van der Waals surface area contributed by atoms with Gasteiger partial charge in [0.15, 0.2) is 0 Å². The number of anilines is 3. The van der Waals surface area contributed by atoms with Gasteiger partial charge >= 0.3 is 0 Å². The van der Waals surface area contributed by atoms with Crippen LogP contribution in [-0.4, -0.2) is 0 Å². The maximum Gasteiger partial charge on any atom is 0.101 e. The van der Waals surface area contributed by atoms with Crippen molar-refractivity contribution in [3.05, 3.63) is 53.6 Å². The highest BCUT2D eigenvalue weighted by molar-refractivity contribution is 5.77. The predicted molar refractivity (Wildman–Crippen MR) is 70.0 cm³/mol. The summed E-state index contributed by atoms with van der Waals surface area (Å²) >= 11 is 0. The number of nitrogens with two attached hydrogens (primary N) is 1. The quantitative estimate of drug-likeness (QED) is 0.768. The number of hydrogen-bond acceptors (Lipinski definition) is 3. The molecule has 0 amide bonds. The van der Waals surface area contributed by atoms with Crippen molar-refractivity contribution in [2.45, 2.75) is 6.92 Å². The molecular formula is C14H13N3. The molecule has 3 heteroatoms. The topological polar surface area (TPSA) is 61.8 Å². The third kappa shape index (κ3) is 2.37. The van der Waals surface area contributed by atoms with E-state index in [1.807, 2.05) is 43.3 Å². The summed E-state index contributed by atoms with van der Waals surface area (Å²) in [6, 6.07) is 15.4. The number of nitrogen functional groups attached to an aromatic ring is 1. The molecule has 0 atom stereocenters. The molecular weight excluding hydrogens is 210 g/mol. The van der Waals surface area contributed by atoms with Crippen molar-refractivity contribution in [3.8, 4) is 6.07 Å². The van der Waals surface area contributed by atoms with Crippen molar-refractivity contribution in [1.82, 2.24) is 0 Å². The third-order valence-corrected chi connectivity index (χ3v) is 2.56. The number of hydrogen-bond donors (Lipinski definition) is 2. The van der Waals surface area contributed by atoms with E-state index in [-0.39, 0.29) is 0 Å². The van der Waals surface area contributed by atoms with Gasteiger partial charge in [0.05, 0.1) is 16.9 Å². The van der Waals surface area contributed by atoms with Gasteiger partial charge in [-0.2, -0.15) is 5.26 Å². The van der Waals surface area contributed by atoms with E-state index >= 15 is 0 Å². The highest BCUT2D eigenvalue weighted by atomic mass is 14.9. The highest BCUT2D eigenvalue weighted by Crippen LogP contribution is 2.25. The first-order valence-corrected chi connectivity index (χ1v) is 5.33. The summed E-state index contributed by atoms with van der Waals surface area (Å²) in [4.78, 5) is 0. The monoisotopic (exact) mass is 223 g/mol. The van der Waals surface area contributed by atoms with Gasteiger partial charge in [0.2, 0.25) is 0 Å². The molecule has 0 saturated carbocycles. The number of nitrogens with one attached hydrogen (secondary N) is 1. The number of nitrogens with zero attached hydrogens (tertiary/aromatic N) is 1. The highest BCUT2D eigenvalue weighted by Gasteiger charge is 2.04. The molecule has 0 fully saturated rings. The van der Waals surface area contributed by atoms with E-state index in [0.717, 1.165) is 11.4 Å². The lowest BCUT2D eigenvalue weighted by Crippen LogP contribution is -1.98. The minimum Gasteiger partial charge on any atom is -0.396 e. The summed E-state index contributed by atoms with van der Waals surface area (Å²) in [6.45, 7) is 2.04. The molecule has 0 aliphatic rings. The zero-order valence-electron chi connectivity index (χ0n) is 9.57. The summed E-state index contributed by atoms with van der Waals surface area (Å²) in [5, 5.41) is 12.1. The van der Waals surface area contributed by atoms with Crippen LogP contribution in [0.3, 0.4) is 0 Å². The van der Waals surface area contributed by atoms with Crippen molar-refractivity contribution in [2.75, 3.05) is 11.1 Å². The molecule has 3 nitrogen and oxygen atoms in total. The molecule has 0 heterocycles. The van der Waals surface area contributed by atoms with Gasteiger partial charge in [-0.3, -0.25) is 0 Å². The van der Waals surface area contributed by atoms with Crippen LogP contribution in [0.15, 0.2) is 42.5 Å². The second-order valence-corrected chi connectivity index (χ2v) is 3.87. The van der Waals surface area contributed by atoms with Crippen LogP contribution in [0.4, 0.5) is 17.1 Å². The van der Waals surface area contributed by atoms with Gasteiger partial charge in [-0.1, -0.05) is 23.8 Å². The third-order valence-electron chi connectivity index (χ3n) is 2.56. The SMILES string of the molecule is Cc1ccc(Nc2cccc(C#N)c2N)cc1. The van der Waals surface area contributed by atoms with E-state index in [1.165, 1.54) is 5.56 Å². The van der Waals surface area contributed by atoms with E-state index < -0.39 is 0 Å². The lowest BCUT2D eigenvalue weighted by atomic mass is 10.1. The number of para-hydroxylation sites is 1. The lowest BCUT2D eigenvalue weighted by molar-refractivity contribution is 1.44. The fraction of sp³-hybridized carbons (Fsp3) is 0.0714. The maximum absolute atomic E-state index is 8.89. The Bertz CT molecular complexity index is 565. The van der Waals surface area contributed by atoms with Crippen LogP contribution in [0.25, 0.3) is 0 Å². The second-order valence-electron chi connectivity index (χ2n) is 3.87. The normalized spacial score (nSPS) is 9.65. The van der Waals surface area contributed by atoms with Crippen molar-refractivity contribution in [1.29, 1.82) is 5.26 Å². The fourth-order valence-electron chi connectivity index (χ4n) is 1.56. The number of rotatable bonds is 2. The standard InChI is InChI=1S/C14H13N3/c1-10-5-7-12(8-6-10)17-13-4-2-3-11(9-15)14(13)16/h2-8,17H,16H2,1H3. The molecule has 0 aliphatic heterocycles. The first-order chi connectivity index (χ1) is 8.20. The van der Waals surface area contributed by atoms with Crippen LogP contribution < -0.4 is 11.1 Å². The van der Waals surface area contributed by atoms with E-state index in [4.69, 9.17) is 11.0 Å². The number of aryl methyl sites for hydroxylation is 1. The predicted octanol–water partition coefficient (Wildman–Crippen LogP) is 3.19. The van der Waals surface area contributed by atoms with Gasteiger partial charge in [-0.25, -0.2) is 0 Å². The van der Waals surface area contributed by atoms with Gasteiger partial charge in [0.25, 0.3) is 0 Å². The lowest BCUT2D eigenvalue weighted by Gasteiger charge is -2.10. The second kappa shape index (κ2) is 4.58. The Morgan fingerprint density at radius 3 is 2.47 bits per heavy atom. The molecule has 2 rings (SSSR count). The van der Waals surface area contributed by atoms with Crippen LogP contribution in [0.5, 0.6) is 0 Å². The van der Waals surface area contributed by atoms with E-state index in [1.54, 1.807) is 6.07 Å². The number of benzene rings is 2. The molecule has 0 aromatic heterocycles. The van der Waals surface area contributed by atoms with Crippen LogP contribution in [0.2, 0.25) is 0 Å². The Morgan fingerprint density at radius 2 is 1.82 bits per heavy atom. The molecule has 0 saturated heterocycles. The summed E-state index contributed by atoms with van der Waals surface area (Å²) in [6.07, 6.45) is 0. The fourth-order valence-corrected chi connectivity index (χ4v) is 1.56. The first kappa shape index (κ1) is 11.0. The molecule has 84 valence electrons. The molecule has 0 spiro atoms. The van der Waals surface area contributed by atoms with Gasteiger partial charge in [0.1, 0.15) is 6.07 Å². The van der Waals surface area contributed by atoms with E-state index in [2.05, 4.69) is 11.4 Å². The van der Waals surface area contributed by atoms with Crippen molar-refractivity contribution in [2.24, 2.45) is 0 Å². The summed E-state index contributed by atoms with van der Waals surface area (Å²) in [5.41, 5.74) is 9.77. The summed E-state index contributed by atoms with van der Waals surface area (Å²) < 4.78 is 0. The van der Waals surface area contributed by atoms with Gasteiger partial charge in [-0.15, -0.1) is 0 Å². The largest absolute Gasteiger partial charge is 0.396 e. The average molecular weight is 223 g/mol. The number of nitriles is 1. The molecule has 2 aromatic carbocycles. The van der Waals surface area contributed by atoms with Crippen molar-refractivity contribution >= 4 is 17.1 Å². The minimum absolute atomic E-state index is 0.482. The minimum atomic E-state index is 0.482. The summed E-state index contributed by atoms with van der Waals surface area (Å²) in [7, 11) is 0. The van der Waals surface area contributed by atoms with Crippen LogP contribution >= 0.6 is 0 Å². The zero-order valence-corrected chi connectivity index (χ0v) is 9.57. The van der Waals surface area contributed by atoms with Gasteiger partial charge in [0, 0.05) is 5.69 Å². The Balaban J connectivity index is 2.31. The molecule has 3 N–H and O–H groups in total. The van der Waals surface area contributed by atoms with Crippen LogP contribution in [-0.2, 0) is 0 Å². The van der Waals surface area contributed by atoms with E-state index in [9.17, 15) is 0 Å². The zero-order chi connectivity index (χ0) is 12.3. The van der Waals surface area contributed by atoms with Crippen molar-refractivity contribution in [3.63, 3.8) is 0 Å². The summed E-state index contributed by atoms with van der Waals surface area (Å²) in [5.74, 6) is 0. The Labute approximate surface area is 101 Å². The first-order valence-electron chi connectivity index (χ1n) is 5.33. The van der Waals surface area contributed by atoms with E-state index in [0.29, 0.717) is 11.3 Å². The molecule has 0 radical (unpaired) electrons. The Morgan fingerprint density at radius 1 is 1.12 bits per heavy atom. The van der Waals surface area contributed by atoms with Crippen LogP contribution in [0.1, 0.15) is 11.1 Å². The molecule has 0 bridgehead atoms. The van der Waals surface area contributed by atoms with Crippen LogP contribution in [0, 0.1) is 18.3 Å². The maximum atomic E-state index is 8.89. The molecule has 17 heavy (non-hydrogen) atoms. The molecule has 0 aliphatic carbocycles. The Kier molecular flexibility index (Phi) is 2.97. The molecule has 2 aromatic rings. The van der Waals surface area contributed by atoms with Gasteiger partial charge < -0.3 is 11.1 Å².